The first kappa shape index (κ1) is 23.4. The summed E-state index contributed by atoms with van der Waals surface area (Å²) in [6, 6.07) is 12.3. The largest absolute Gasteiger partial charge is 0.495 e. The highest BCUT2D eigenvalue weighted by atomic mass is 32.2. The number of anilines is 1. The molecule has 0 saturated carbocycles. The molecule has 1 N–H and O–H groups in total. The number of rotatable bonds is 10. The summed E-state index contributed by atoms with van der Waals surface area (Å²) < 4.78 is 37.3. The second kappa shape index (κ2) is 10.7. The molecular formula is C21H26N2O6S. The standard InChI is InChI=1S/C21H26N2O6S/c1-4-14-23(15-20(24)22-18-8-6-7-9-19(18)28-3)30(26,27)17-12-10-16(11-13-17)21(25)29-5-2/h6-13H,4-5,14-15H2,1-3H3,(H,22,24). The Hall–Kier alpha value is -2.91. The SMILES string of the molecule is CCCN(CC(=O)Nc1ccccc1OC)S(=O)(=O)c1ccc(C(=O)OCC)cc1. The quantitative estimate of drug-likeness (QED) is 0.577. The van der Waals surface area contributed by atoms with Crippen LogP contribution in [0.1, 0.15) is 30.6 Å². The Kier molecular flexibility index (Phi) is 8.37. The van der Waals surface area contributed by atoms with E-state index in [1.807, 2.05) is 6.92 Å². The van der Waals surface area contributed by atoms with Crippen LogP contribution < -0.4 is 10.1 Å². The van der Waals surface area contributed by atoms with Crippen LogP contribution in [-0.4, -0.2) is 51.4 Å². The molecule has 0 atom stereocenters. The zero-order valence-corrected chi connectivity index (χ0v) is 18.1. The van der Waals surface area contributed by atoms with Gasteiger partial charge in [-0.25, -0.2) is 13.2 Å². The van der Waals surface area contributed by atoms with Crippen molar-refractivity contribution in [2.75, 3.05) is 32.1 Å². The lowest BCUT2D eigenvalue weighted by atomic mass is 10.2. The van der Waals surface area contributed by atoms with E-state index in [0.29, 0.717) is 17.9 Å². The lowest BCUT2D eigenvalue weighted by Gasteiger charge is -2.21. The van der Waals surface area contributed by atoms with E-state index >= 15 is 0 Å². The molecule has 1 amide bonds. The minimum atomic E-state index is -3.93. The van der Waals surface area contributed by atoms with Gasteiger partial charge in [-0.3, -0.25) is 4.79 Å². The van der Waals surface area contributed by atoms with Gasteiger partial charge in [0.1, 0.15) is 5.75 Å². The average Bonchev–Trinajstić information content (AvgIpc) is 2.74. The summed E-state index contributed by atoms with van der Waals surface area (Å²) in [4.78, 5) is 24.3. The Bertz CT molecular complexity index is 973. The predicted molar refractivity (Wildman–Crippen MR) is 113 cm³/mol. The van der Waals surface area contributed by atoms with Crippen molar-refractivity contribution in [3.05, 3.63) is 54.1 Å². The molecule has 0 heterocycles. The van der Waals surface area contributed by atoms with E-state index in [-0.39, 0.29) is 30.2 Å². The molecule has 162 valence electrons. The summed E-state index contributed by atoms with van der Waals surface area (Å²) in [5.74, 6) is -0.534. The Morgan fingerprint density at radius 2 is 1.70 bits per heavy atom. The van der Waals surface area contributed by atoms with Crippen LogP contribution in [0.4, 0.5) is 5.69 Å². The monoisotopic (exact) mass is 434 g/mol. The number of para-hydroxylation sites is 2. The number of nitrogens with zero attached hydrogens (tertiary/aromatic N) is 1. The van der Waals surface area contributed by atoms with E-state index in [1.165, 1.54) is 31.4 Å². The van der Waals surface area contributed by atoms with Crippen LogP contribution in [0, 0.1) is 0 Å². The van der Waals surface area contributed by atoms with Crippen molar-refractivity contribution in [1.29, 1.82) is 0 Å². The number of methoxy groups -OCH3 is 1. The molecule has 0 spiro atoms. The topological polar surface area (TPSA) is 102 Å². The van der Waals surface area contributed by atoms with Crippen LogP contribution in [0.15, 0.2) is 53.4 Å². The highest BCUT2D eigenvalue weighted by Gasteiger charge is 2.26. The molecule has 0 bridgehead atoms. The number of hydrogen-bond donors (Lipinski definition) is 1. The summed E-state index contributed by atoms with van der Waals surface area (Å²) in [6.45, 7) is 3.56. The fourth-order valence-electron chi connectivity index (χ4n) is 2.76. The van der Waals surface area contributed by atoms with Crippen LogP contribution in [0.25, 0.3) is 0 Å². The number of nitrogens with one attached hydrogen (secondary N) is 1. The number of sulfonamides is 1. The first-order valence-corrected chi connectivity index (χ1v) is 11.0. The van der Waals surface area contributed by atoms with Gasteiger partial charge < -0.3 is 14.8 Å². The van der Waals surface area contributed by atoms with Gasteiger partial charge in [-0.15, -0.1) is 0 Å². The highest BCUT2D eigenvalue weighted by Crippen LogP contribution is 2.23. The van der Waals surface area contributed by atoms with Crippen molar-refractivity contribution in [1.82, 2.24) is 4.31 Å². The third-order valence-electron chi connectivity index (χ3n) is 4.18. The van der Waals surface area contributed by atoms with Crippen molar-refractivity contribution in [3.63, 3.8) is 0 Å². The van der Waals surface area contributed by atoms with E-state index in [9.17, 15) is 18.0 Å². The average molecular weight is 435 g/mol. The zero-order valence-electron chi connectivity index (χ0n) is 17.3. The molecule has 0 saturated heterocycles. The number of benzene rings is 2. The first-order valence-electron chi connectivity index (χ1n) is 9.53. The van der Waals surface area contributed by atoms with Gasteiger partial charge in [0.25, 0.3) is 0 Å². The van der Waals surface area contributed by atoms with Crippen molar-refractivity contribution in [2.24, 2.45) is 0 Å². The maximum Gasteiger partial charge on any atom is 0.338 e. The van der Waals surface area contributed by atoms with Crippen LogP contribution in [0.2, 0.25) is 0 Å². The van der Waals surface area contributed by atoms with E-state index in [2.05, 4.69) is 5.32 Å². The Morgan fingerprint density at radius 1 is 1.03 bits per heavy atom. The van der Waals surface area contributed by atoms with Crippen molar-refractivity contribution in [2.45, 2.75) is 25.2 Å². The van der Waals surface area contributed by atoms with Gasteiger partial charge in [-0.1, -0.05) is 19.1 Å². The highest BCUT2D eigenvalue weighted by molar-refractivity contribution is 7.89. The Labute approximate surface area is 176 Å². The molecule has 0 fully saturated rings. The molecule has 0 aliphatic rings. The number of ether oxygens (including phenoxy) is 2. The molecule has 2 aromatic rings. The molecule has 0 radical (unpaired) electrons. The van der Waals surface area contributed by atoms with Crippen molar-refractivity contribution < 1.29 is 27.5 Å². The van der Waals surface area contributed by atoms with E-state index < -0.39 is 21.9 Å². The summed E-state index contributed by atoms with van der Waals surface area (Å²) in [5, 5.41) is 2.68. The minimum absolute atomic E-state index is 0.00547. The molecule has 2 rings (SSSR count). The number of hydrogen-bond acceptors (Lipinski definition) is 6. The van der Waals surface area contributed by atoms with Gasteiger partial charge in [-0.2, -0.15) is 4.31 Å². The summed E-state index contributed by atoms with van der Waals surface area (Å²) in [6.07, 6.45) is 0.530. The van der Waals surface area contributed by atoms with Crippen LogP contribution in [-0.2, 0) is 19.6 Å². The van der Waals surface area contributed by atoms with Gasteiger partial charge in [0, 0.05) is 6.54 Å². The molecule has 30 heavy (non-hydrogen) atoms. The second-order valence-electron chi connectivity index (χ2n) is 6.33. The molecular weight excluding hydrogens is 408 g/mol. The third kappa shape index (κ3) is 5.80. The third-order valence-corrected chi connectivity index (χ3v) is 6.04. The first-order chi connectivity index (χ1) is 14.3. The maximum atomic E-state index is 13.0. The van der Waals surface area contributed by atoms with Gasteiger partial charge in [0.2, 0.25) is 15.9 Å². The van der Waals surface area contributed by atoms with Crippen LogP contribution >= 0.6 is 0 Å². The van der Waals surface area contributed by atoms with E-state index in [1.54, 1.807) is 31.2 Å². The Morgan fingerprint density at radius 3 is 2.30 bits per heavy atom. The summed E-state index contributed by atoms with van der Waals surface area (Å²) >= 11 is 0. The number of carbonyl (C=O) groups excluding carboxylic acids is 2. The minimum Gasteiger partial charge on any atom is -0.495 e. The van der Waals surface area contributed by atoms with Gasteiger partial charge >= 0.3 is 5.97 Å². The molecule has 8 nitrogen and oxygen atoms in total. The Balaban J connectivity index is 2.19. The molecule has 9 heteroatoms. The molecule has 0 aliphatic carbocycles. The van der Waals surface area contributed by atoms with Crippen molar-refractivity contribution >= 4 is 27.6 Å². The lowest BCUT2D eigenvalue weighted by molar-refractivity contribution is -0.116. The van der Waals surface area contributed by atoms with Gasteiger partial charge in [0.05, 0.1) is 36.4 Å². The van der Waals surface area contributed by atoms with Crippen LogP contribution in [0.3, 0.4) is 0 Å². The maximum absolute atomic E-state index is 13.0. The smallest absolute Gasteiger partial charge is 0.338 e. The van der Waals surface area contributed by atoms with Gasteiger partial charge in [0.15, 0.2) is 0 Å². The normalized spacial score (nSPS) is 11.2. The molecule has 0 aromatic heterocycles. The predicted octanol–water partition coefficient (Wildman–Crippen LogP) is 2.91. The summed E-state index contributed by atoms with van der Waals surface area (Å²) in [7, 11) is -2.45. The lowest BCUT2D eigenvalue weighted by Crippen LogP contribution is -2.38. The van der Waals surface area contributed by atoms with Crippen molar-refractivity contribution in [3.8, 4) is 5.75 Å². The molecule has 0 aliphatic heterocycles. The van der Waals surface area contributed by atoms with E-state index in [4.69, 9.17) is 9.47 Å². The number of carbonyl (C=O) groups is 2. The zero-order chi connectivity index (χ0) is 22.1. The number of esters is 1. The molecule has 2 aromatic carbocycles. The number of amides is 1. The fraction of sp³-hybridized carbons (Fsp3) is 0.333. The van der Waals surface area contributed by atoms with Crippen LogP contribution in [0.5, 0.6) is 5.75 Å². The second-order valence-corrected chi connectivity index (χ2v) is 8.27. The van der Waals surface area contributed by atoms with E-state index in [0.717, 1.165) is 4.31 Å². The fourth-order valence-corrected chi connectivity index (χ4v) is 4.25. The molecule has 0 unspecified atom stereocenters. The van der Waals surface area contributed by atoms with Gasteiger partial charge in [-0.05, 0) is 49.7 Å². The summed E-state index contributed by atoms with van der Waals surface area (Å²) in [5.41, 5.74) is 0.712.